The molecular formula is C16H22N4O3. The van der Waals surface area contributed by atoms with E-state index in [-0.39, 0.29) is 30.9 Å². The van der Waals surface area contributed by atoms with Gasteiger partial charge in [0, 0.05) is 25.5 Å². The van der Waals surface area contributed by atoms with Crippen molar-refractivity contribution in [3.05, 3.63) is 24.0 Å². The molecule has 23 heavy (non-hydrogen) atoms. The van der Waals surface area contributed by atoms with Crippen molar-refractivity contribution in [2.75, 3.05) is 19.6 Å². The summed E-state index contributed by atoms with van der Waals surface area (Å²) >= 11 is 0. The van der Waals surface area contributed by atoms with Crippen molar-refractivity contribution >= 4 is 17.8 Å². The van der Waals surface area contributed by atoms with Crippen molar-refractivity contribution in [1.29, 1.82) is 0 Å². The molecule has 4 amide bonds. The zero-order valence-electron chi connectivity index (χ0n) is 13.3. The molecule has 1 aromatic heterocycles. The van der Waals surface area contributed by atoms with Gasteiger partial charge in [-0.3, -0.25) is 14.9 Å². The van der Waals surface area contributed by atoms with Gasteiger partial charge in [-0.05, 0) is 25.0 Å². The summed E-state index contributed by atoms with van der Waals surface area (Å²) in [5.74, 6) is -0.444. The van der Waals surface area contributed by atoms with Gasteiger partial charge in [0.25, 0.3) is 0 Å². The molecule has 7 nitrogen and oxygen atoms in total. The highest BCUT2D eigenvalue weighted by molar-refractivity contribution is 6.03. The van der Waals surface area contributed by atoms with Gasteiger partial charge in [0.1, 0.15) is 13.1 Å². The lowest BCUT2D eigenvalue weighted by Crippen LogP contribution is -2.43. The van der Waals surface area contributed by atoms with Crippen LogP contribution in [0.1, 0.15) is 37.4 Å². The Morgan fingerprint density at radius 1 is 1.30 bits per heavy atom. The second kappa shape index (κ2) is 6.44. The lowest BCUT2D eigenvalue weighted by molar-refractivity contribution is -0.134. The minimum Gasteiger partial charge on any atom is -0.353 e. The third kappa shape index (κ3) is 3.23. The summed E-state index contributed by atoms with van der Waals surface area (Å²) in [5.41, 5.74) is 1.11. The van der Waals surface area contributed by atoms with E-state index in [4.69, 9.17) is 0 Å². The predicted molar refractivity (Wildman–Crippen MR) is 83.4 cm³/mol. The van der Waals surface area contributed by atoms with Crippen LogP contribution in [0.3, 0.4) is 0 Å². The Bertz CT molecular complexity index is 625. The maximum atomic E-state index is 12.8. The zero-order valence-corrected chi connectivity index (χ0v) is 13.3. The normalized spacial score (nSPS) is 22.2. The molecule has 2 saturated heterocycles. The molecule has 1 atom stereocenters. The van der Waals surface area contributed by atoms with E-state index in [0.29, 0.717) is 6.54 Å². The number of nitrogens with one attached hydrogen (secondary N) is 1. The lowest BCUT2D eigenvalue weighted by atomic mass is 10.1. The maximum absolute atomic E-state index is 12.8. The summed E-state index contributed by atoms with van der Waals surface area (Å²) in [6, 6.07) is 3.58. The first-order valence-electron chi connectivity index (χ1n) is 8.05. The average molecular weight is 318 g/mol. The van der Waals surface area contributed by atoms with Crippen LogP contribution in [-0.2, 0) is 16.6 Å². The quantitative estimate of drug-likeness (QED) is 0.846. The van der Waals surface area contributed by atoms with E-state index >= 15 is 0 Å². The highest BCUT2D eigenvalue weighted by atomic mass is 16.2. The van der Waals surface area contributed by atoms with Gasteiger partial charge in [-0.2, -0.15) is 0 Å². The van der Waals surface area contributed by atoms with Gasteiger partial charge in [-0.25, -0.2) is 4.79 Å². The van der Waals surface area contributed by atoms with Crippen LogP contribution in [0, 0.1) is 0 Å². The molecule has 2 aliphatic heterocycles. The number of likely N-dealkylation sites (tertiary alicyclic amines) is 1. The monoisotopic (exact) mass is 318 g/mol. The molecular weight excluding hydrogens is 296 g/mol. The highest BCUT2D eigenvalue weighted by Gasteiger charge is 2.33. The number of hydrogen-bond donors (Lipinski definition) is 1. The smallest absolute Gasteiger partial charge is 0.325 e. The molecule has 0 aromatic carbocycles. The molecule has 0 bridgehead atoms. The van der Waals surface area contributed by atoms with Crippen LogP contribution in [-0.4, -0.2) is 51.8 Å². The standard InChI is InChI=1S/C16H22N4O3/c1-18-8-5-7-12(18)13-6-3-2-4-9-20(13)15(22)11-19-10-14(21)17-16(19)23/h5,7-8,13H,2-4,6,9-11H2,1H3,(H,17,21,23). The van der Waals surface area contributed by atoms with Crippen molar-refractivity contribution in [1.82, 2.24) is 19.7 Å². The number of rotatable bonds is 3. The minimum absolute atomic E-state index is 0.0337. The molecule has 124 valence electrons. The Labute approximate surface area is 135 Å². The number of amides is 4. The number of aryl methyl sites for hydroxylation is 1. The summed E-state index contributed by atoms with van der Waals surface area (Å²) < 4.78 is 2.04. The topological polar surface area (TPSA) is 74.7 Å². The molecule has 2 aliphatic rings. The molecule has 7 heteroatoms. The molecule has 1 aromatic rings. The summed E-state index contributed by atoms with van der Waals surface area (Å²) in [5, 5.41) is 2.21. The number of imide groups is 1. The van der Waals surface area contributed by atoms with E-state index in [1.54, 1.807) is 0 Å². The zero-order chi connectivity index (χ0) is 16.4. The van der Waals surface area contributed by atoms with Crippen molar-refractivity contribution in [3.63, 3.8) is 0 Å². The Balaban J connectivity index is 1.76. The third-order valence-corrected chi connectivity index (χ3v) is 4.59. The van der Waals surface area contributed by atoms with Crippen molar-refractivity contribution in [2.24, 2.45) is 7.05 Å². The second-order valence-corrected chi connectivity index (χ2v) is 6.21. The van der Waals surface area contributed by atoms with Crippen molar-refractivity contribution in [3.8, 4) is 0 Å². The SMILES string of the molecule is Cn1cccc1C1CCCCCN1C(=O)CN1CC(=O)NC1=O. The molecule has 0 saturated carbocycles. The number of aromatic nitrogens is 1. The van der Waals surface area contributed by atoms with E-state index in [2.05, 4.69) is 5.32 Å². The first kappa shape index (κ1) is 15.6. The van der Waals surface area contributed by atoms with Crippen LogP contribution >= 0.6 is 0 Å². The fourth-order valence-corrected chi connectivity index (χ4v) is 3.40. The van der Waals surface area contributed by atoms with E-state index in [1.165, 1.54) is 4.90 Å². The molecule has 0 radical (unpaired) electrons. The van der Waals surface area contributed by atoms with Crippen LogP contribution in [0.5, 0.6) is 0 Å². The molecule has 0 aliphatic carbocycles. The summed E-state index contributed by atoms with van der Waals surface area (Å²) in [7, 11) is 1.98. The maximum Gasteiger partial charge on any atom is 0.325 e. The Hall–Kier alpha value is -2.31. The molecule has 1 unspecified atom stereocenters. The van der Waals surface area contributed by atoms with Crippen molar-refractivity contribution in [2.45, 2.75) is 31.7 Å². The molecule has 1 N–H and O–H groups in total. The summed E-state index contributed by atoms with van der Waals surface area (Å²) in [6.07, 6.45) is 6.07. The van der Waals surface area contributed by atoms with Gasteiger partial charge in [0.2, 0.25) is 11.8 Å². The Morgan fingerprint density at radius 3 is 2.78 bits per heavy atom. The second-order valence-electron chi connectivity index (χ2n) is 6.21. The average Bonchev–Trinajstić information content (AvgIpc) is 2.95. The van der Waals surface area contributed by atoms with E-state index in [1.807, 2.05) is 34.8 Å². The fourth-order valence-electron chi connectivity index (χ4n) is 3.40. The number of carbonyl (C=O) groups excluding carboxylic acids is 3. The van der Waals surface area contributed by atoms with Gasteiger partial charge in [0.15, 0.2) is 0 Å². The molecule has 2 fully saturated rings. The largest absolute Gasteiger partial charge is 0.353 e. The van der Waals surface area contributed by atoms with Gasteiger partial charge in [-0.15, -0.1) is 0 Å². The van der Waals surface area contributed by atoms with Crippen LogP contribution < -0.4 is 5.32 Å². The Morgan fingerprint density at radius 2 is 2.13 bits per heavy atom. The lowest BCUT2D eigenvalue weighted by Gasteiger charge is -2.31. The van der Waals surface area contributed by atoms with Gasteiger partial charge < -0.3 is 14.4 Å². The van der Waals surface area contributed by atoms with Crippen LogP contribution in [0.25, 0.3) is 0 Å². The van der Waals surface area contributed by atoms with E-state index in [0.717, 1.165) is 31.4 Å². The minimum atomic E-state index is -0.478. The van der Waals surface area contributed by atoms with Gasteiger partial charge in [-0.1, -0.05) is 12.8 Å². The first-order chi connectivity index (χ1) is 11.1. The van der Waals surface area contributed by atoms with Crippen molar-refractivity contribution < 1.29 is 14.4 Å². The van der Waals surface area contributed by atoms with Gasteiger partial charge >= 0.3 is 6.03 Å². The highest BCUT2D eigenvalue weighted by Crippen LogP contribution is 2.30. The number of urea groups is 1. The predicted octanol–water partition coefficient (Wildman–Crippen LogP) is 1.02. The molecule has 3 rings (SSSR count). The number of nitrogens with zero attached hydrogens (tertiary/aromatic N) is 3. The first-order valence-corrected chi connectivity index (χ1v) is 8.05. The Kier molecular flexibility index (Phi) is 4.36. The molecule has 0 spiro atoms. The van der Waals surface area contributed by atoms with E-state index in [9.17, 15) is 14.4 Å². The van der Waals surface area contributed by atoms with Crippen LogP contribution in [0.2, 0.25) is 0 Å². The number of carbonyl (C=O) groups is 3. The van der Waals surface area contributed by atoms with Crippen LogP contribution in [0.4, 0.5) is 4.79 Å². The summed E-state index contributed by atoms with van der Waals surface area (Å²) in [6.45, 7) is 0.615. The van der Waals surface area contributed by atoms with Gasteiger partial charge in [0.05, 0.1) is 6.04 Å². The fraction of sp³-hybridized carbons (Fsp3) is 0.562. The van der Waals surface area contributed by atoms with E-state index < -0.39 is 6.03 Å². The number of hydrogen-bond acceptors (Lipinski definition) is 3. The van der Waals surface area contributed by atoms with Crippen LogP contribution in [0.15, 0.2) is 18.3 Å². The molecule has 3 heterocycles. The summed E-state index contributed by atoms with van der Waals surface area (Å²) in [4.78, 5) is 38.8. The third-order valence-electron chi connectivity index (χ3n) is 4.59.